The van der Waals surface area contributed by atoms with Crippen LogP contribution in [0.25, 0.3) is 43.6 Å². The maximum Gasteiger partial charge on any atom is 0.199 e. The van der Waals surface area contributed by atoms with Crippen molar-refractivity contribution >= 4 is 27.4 Å². The zero-order valence-corrected chi connectivity index (χ0v) is 22.6. The summed E-state index contributed by atoms with van der Waals surface area (Å²) >= 11 is 1.64. The van der Waals surface area contributed by atoms with Gasteiger partial charge in [0.25, 0.3) is 0 Å². The Kier molecular flexibility index (Phi) is 6.92. The quantitative estimate of drug-likeness (QED) is 0.269. The third kappa shape index (κ3) is 4.70. The van der Waals surface area contributed by atoms with Gasteiger partial charge in [-0.1, -0.05) is 30.3 Å². The van der Waals surface area contributed by atoms with E-state index in [1.165, 1.54) is 0 Å². The molecule has 0 saturated heterocycles. The molecular formula is C28H31N7O2S. The smallest absolute Gasteiger partial charge is 0.199 e. The number of benzene rings is 1. The maximum absolute atomic E-state index is 5.50. The first kappa shape index (κ1) is 24.7. The molecule has 38 heavy (non-hydrogen) atoms. The molecule has 0 atom stereocenters. The van der Waals surface area contributed by atoms with Crippen LogP contribution in [-0.4, -0.2) is 62.8 Å². The lowest BCUT2D eigenvalue weighted by atomic mass is 9.82. The van der Waals surface area contributed by atoms with Crippen LogP contribution in [0.4, 0.5) is 5.82 Å². The van der Waals surface area contributed by atoms with Crippen molar-refractivity contribution in [2.75, 3.05) is 32.7 Å². The molecule has 0 bridgehead atoms. The summed E-state index contributed by atoms with van der Waals surface area (Å²) in [7, 11) is 5.43. The zero-order chi connectivity index (χ0) is 26.1. The normalized spacial score (nSPS) is 17.1. The Morgan fingerprint density at radius 1 is 1.08 bits per heavy atom. The number of hydrogen-bond acceptors (Lipinski definition) is 8. The number of methoxy groups -OCH3 is 2. The van der Waals surface area contributed by atoms with Gasteiger partial charge in [0.05, 0.1) is 23.0 Å². The van der Waals surface area contributed by atoms with Gasteiger partial charge < -0.3 is 19.4 Å². The van der Waals surface area contributed by atoms with Crippen molar-refractivity contribution in [3.8, 4) is 33.3 Å². The first-order chi connectivity index (χ1) is 18.6. The highest BCUT2D eigenvalue weighted by Gasteiger charge is 2.30. The second kappa shape index (κ2) is 10.6. The summed E-state index contributed by atoms with van der Waals surface area (Å²) < 4.78 is 14.7. The molecule has 6 rings (SSSR count). The van der Waals surface area contributed by atoms with E-state index in [1.807, 2.05) is 34.8 Å². The number of anilines is 1. The summed E-state index contributed by atoms with van der Waals surface area (Å²) in [5.74, 6) is 2.69. The highest BCUT2D eigenvalue weighted by Crippen LogP contribution is 2.46. The molecule has 4 aromatic heterocycles. The summed E-state index contributed by atoms with van der Waals surface area (Å²) in [5.41, 5.74) is 3.14. The molecule has 9 nitrogen and oxygen atoms in total. The Labute approximate surface area is 225 Å². The van der Waals surface area contributed by atoms with Gasteiger partial charge in [-0.2, -0.15) is 5.10 Å². The van der Waals surface area contributed by atoms with Crippen LogP contribution in [-0.2, 0) is 23.1 Å². The topological polar surface area (TPSA) is 91.9 Å². The molecule has 1 aliphatic carbocycles. The standard InChI is InChI=1S/C28H31N7O2S/c1-34-11-9-21(33-34)24-22(19-7-5-4-6-8-19)23-25(30-17-18-15-20(16-18)37-3)31-26(32-28(23)38-24)27-29-10-12-35(27)13-14-36-2/h4-12,18,20H,13-17H2,1-3H3,(H,30,31,32). The summed E-state index contributed by atoms with van der Waals surface area (Å²) in [4.78, 5) is 16.7. The third-order valence-electron chi connectivity index (χ3n) is 7.10. The maximum atomic E-state index is 5.50. The van der Waals surface area contributed by atoms with Gasteiger partial charge in [0.15, 0.2) is 11.6 Å². The fraction of sp³-hybridized carbons (Fsp3) is 0.357. The van der Waals surface area contributed by atoms with Crippen molar-refractivity contribution in [1.29, 1.82) is 0 Å². The molecule has 1 fully saturated rings. The summed E-state index contributed by atoms with van der Waals surface area (Å²) in [6.07, 6.45) is 8.17. The van der Waals surface area contributed by atoms with Crippen LogP contribution in [0.1, 0.15) is 12.8 Å². The molecular weight excluding hydrogens is 498 g/mol. The average Bonchev–Trinajstić information content (AvgIpc) is 3.65. The molecule has 0 aliphatic heterocycles. The van der Waals surface area contributed by atoms with Crippen LogP contribution in [0.15, 0.2) is 55.0 Å². The van der Waals surface area contributed by atoms with Crippen molar-refractivity contribution in [2.24, 2.45) is 13.0 Å². The van der Waals surface area contributed by atoms with E-state index in [-0.39, 0.29) is 0 Å². The van der Waals surface area contributed by atoms with Crippen LogP contribution < -0.4 is 5.32 Å². The number of nitrogens with zero attached hydrogens (tertiary/aromatic N) is 6. The van der Waals surface area contributed by atoms with E-state index >= 15 is 0 Å². The van der Waals surface area contributed by atoms with Crippen molar-refractivity contribution in [2.45, 2.75) is 25.5 Å². The molecule has 1 aromatic carbocycles. The van der Waals surface area contributed by atoms with Crippen molar-refractivity contribution in [3.63, 3.8) is 0 Å². The van der Waals surface area contributed by atoms with Crippen LogP contribution in [0.2, 0.25) is 0 Å². The Balaban J connectivity index is 1.51. The van der Waals surface area contributed by atoms with Gasteiger partial charge in [0.2, 0.25) is 0 Å². The number of thiophene rings is 1. The van der Waals surface area contributed by atoms with Gasteiger partial charge in [-0.15, -0.1) is 11.3 Å². The lowest BCUT2D eigenvalue weighted by molar-refractivity contribution is 0.00562. The van der Waals surface area contributed by atoms with Crippen molar-refractivity contribution in [3.05, 3.63) is 55.0 Å². The molecule has 0 spiro atoms. The van der Waals surface area contributed by atoms with Gasteiger partial charge in [-0.05, 0) is 30.4 Å². The van der Waals surface area contributed by atoms with Gasteiger partial charge >= 0.3 is 0 Å². The van der Waals surface area contributed by atoms with E-state index in [2.05, 4.69) is 40.6 Å². The fourth-order valence-electron chi connectivity index (χ4n) is 4.99. The van der Waals surface area contributed by atoms with Gasteiger partial charge in [-0.25, -0.2) is 15.0 Å². The molecule has 0 amide bonds. The first-order valence-corrected chi connectivity index (χ1v) is 13.6. The minimum Gasteiger partial charge on any atom is -0.383 e. The van der Waals surface area contributed by atoms with Crippen molar-refractivity contribution in [1.82, 2.24) is 29.3 Å². The van der Waals surface area contributed by atoms with E-state index in [0.717, 1.165) is 62.9 Å². The number of imidazole rings is 1. The molecule has 10 heteroatoms. The molecule has 4 heterocycles. The highest BCUT2D eigenvalue weighted by molar-refractivity contribution is 7.22. The number of fused-ring (bicyclic) bond motifs is 1. The molecule has 5 aromatic rings. The number of rotatable bonds is 10. The molecule has 196 valence electrons. The van der Waals surface area contributed by atoms with E-state index in [1.54, 1.807) is 31.8 Å². The lowest BCUT2D eigenvalue weighted by Gasteiger charge is -2.34. The van der Waals surface area contributed by atoms with Crippen LogP contribution >= 0.6 is 11.3 Å². The van der Waals surface area contributed by atoms with Crippen LogP contribution in [0.5, 0.6) is 0 Å². The number of aromatic nitrogens is 6. The summed E-state index contributed by atoms with van der Waals surface area (Å²) in [6, 6.07) is 12.5. The average molecular weight is 530 g/mol. The summed E-state index contributed by atoms with van der Waals surface area (Å²) in [5, 5.41) is 9.45. The van der Waals surface area contributed by atoms with Gasteiger partial charge in [0.1, 0.15) is 16.3 Å². The summed E-state index contributed by atoms with van der Waals surface area (Å²) in [6.45, 7) is 2.09. The highest BCUT2D eigenvalue weighted by atomic mass is 32.1. The molecule has 1 saturated carbocycles. The van der Waals surface area contributed by atoms with Crippen molar-refractivity contribution < 1.29 is 9.47 Å². The Hall–Kier alpha value is -3.60. The Morgan fingerprint density at radius 3 is 2.66 bits per heavy atom. The molecule has 0 radical (unpaired) electrons. The second-order valence-corrected chi connectivity index (χ2v) is 10.6. The minimum absolute atomic E-state index is 0.354. The fourth-order valence-corrected chi connectivity index (χ4v) is 6.15. The van der Waals surface area contributed by atoms with Gasteiger partial charge in [-0.3, -0.25) is 4.68 Å². The predicted molar refractivity (Wildman–Crippen MR) is 150 cm³/mol. The molecule has 0 unspecified atom stereocenters. The van der Waals surface area contributed by atoms with E-state index < -0.39 is 0 Å². The monoisotopic (exact) mass is 529 g/mol. The number of hydrogen-bond donors (Lipinski definition) is 1. The lowest BCUT2D eigenvalue weighted by Crippen LogP contribution is -2.34. The van der Waals surface area contributed by atoms with E-state index in [4.69, 9.17) is 24.5 Å². The number of nitrogens with one attached hydrogen (secondary N) is 1. The van der Waals surface area contributed by atoms with E-state index in [9.17, 15) is 0 Å². The third-order valence-corrected chi connectivity index (χ3v) is 8.20. The zero-order valence-electron chi connectivity index (χ0n) is 21.8. The predicted octanol–water partition coefficient (Wildman–Crippen LogP) is 5.11. The second-order valence-electron chi connectivity index (χ2n) is 9.64. The van der Waals surface area contributed by atoms with Crippen LogP contribution in [0.3, 0.4) is 0 Å². The number of ether oxygens (including phenoxy) is 2. The largest absolute Gasteiger partial charge is 0.383 e. The molecule has 1 N–H and O–H groups in total. The van der Waals surface area contributed by atoms with Gasteiger partial charge in [0, 0.05) is 58.5 Å². The first-order valence-electron chi connectivity index (χ1n) is 12.8. The van der Waals surface area contributed by atoms with Crippen LogP contribution in [0, 0.1) is 5.92 Å². The molecule has 1 aliphatic rings. The SMILES string of the molecule is COCCn1ccnc1-c1nc(NCC2CC(OC)C2)c2c(-c3ccccc3)c(-c3ccn(C)n3)sc2n1. The number of aryl methyl sites for hydroxylation is 1. The van der Waals surface area contributed by atoms with E-state index in [0.29, 0.717) is 31.0 Å². The Bertz CT molecular complexity index is 1540. The minimum atomic E-state index is 0.354. The Morgan fingerprint density at radius 2 is 1.92 bits per heavy atom.